The van der Waals surface area contributed by atoms with Crippen molar-refractivity contribution in [3.63, 3.8) is 0 Å². The van der Waals surface area contributed by atoms with Crippen LogP contribution in [0.25, 0.3) is 49.7 Å². The monoisotopic (exact) mass is 760 g/mol. The third-order valence-corrected chi connectivity index (χ3v) is 13.8. The zero-order valence-corrected chi connectivity index (χ0v) is 34.3. The number of fused-ring (bicyclic) bond motifs is 13. The quantitative estimate of drug-likeness (QED) is 0.150. The summed E-state index contributed by atoms with van der Waals surface area (Å²) in [6.45, 7) is 9.36. The first-order valence-corrected chi connectivity index (χ1v) is 21.5. The van der Waals surface area contributed by atoms with Gasteiger partial charge in [-0.2, -0.15) is 0 Å². The van der Waals surface area contributed by atoms with Crippen LogP contribution < -0.4 is 4.90 Å². The number of anilines is 3. The van der Waals surface area contributed by atoms with Gasteiger partial charge in [0, 0.05) is 33.5 Å². The van der Waals surface area contributed by atoms with Crippen LogP contribution in [0.4, 0.5) is 17.1 Å². The fourth-order valence-corrected chi connectivity index (χ4v) is 10.4. The highest BCUT2D eigenvalue weighted by Crippen LogP contribution is 2.64. The molecule has 0 saturated carbocycles. The Kier molecular flexibility index (Phi) is 8.27. The lowest BCUT2D eigenvalue weighted by molar-refractivity contribution is 0.719. The number of benzene rings is 8. The molecule has 9 aromatic rings. The fourth-order valence-electron chi connectivity index (χ4n) is 10.4. The number of aromatic nitrogens is 1. The molecule has 0 fully saturated rings. The molecular formula is C57H48N2. The van der Waals surface area contributed by atoms with Crippen molar-refractivity contribution < 1.29 is 0 Å². The second-order valence-electron chi connectivity index (χ2n) is 16.8. The Morgan fingerprint density at radius 3 is 1.61 bits per heavy atom. The Hall–Kier alpha value is -6.64. The van der Waals surface area contributed by atoms with E-state index in [1.807, 2.05) is 0 Å². The highest BCUT2D eigenvalue weighted by atomic mass is 15.1. The van der Waals surface area contributed by atoms with Gasteiger partial charge in [0.05, 0.1) is 16.4 Å². The number of hydrogen-bond acceptors (Lipinski definition) is 1. The Bertz CT molecular complexity index is 3000. The van der Waals surface area contributed by atoms with Crippen molar-refractivity contribution in [3.05, 3.63) is 215 Å². The maximum atomic E-state index is 2.57. The summed E-state index contributed by atoms with van der Waals surface area (Å²) in [5, 5.41) is 2.49. The topological polar surface area (TPSA) is 8.17 Å². The molecule has 0 N–H and O–H groups in total. The van der Waals surface area contributed by atoms with Crippen LogP contribution in [0.15, 0.2) is 182 Å². The molecular weight excluding hydrogens is 713 g/mol. The van der Waals surface area contributed by atoms with Crippen molar-refractivity contribution in [2.24, 2.45) is 0 Å². The van der Waals surface area contributed by atoms with E-state index in [1.165, 1.54) is 83.1 Å². The molecule has 0 bridgehead atoms. The molecule has 1 spiro atoms. The summed E-state index contributed by atoms with van der Waals surface area (Å²) < 4.78 is 2.40. The zero-order chi connectivity index (χ0) is 39.8. The lowest BCUT2D eigenvalue weighted by Gasteiger charge is -2.33. The van der Waals surface area contributed by atoms with E-state index < -0.39 is 5.41 Å². The largest absolute Gasteiger partial charge is 0.310 e. The Balaban J connectivity index is 1.18. The van der Waals surface area contributed by atoms with Crippen molar-refractivity contribution in [1.82, 2.24) is 4.57 Å². The van der Waals surface area contributed by atoms with E-state index in [2.05, 4.69) is 219 Å². The molecule has 286 valence electrons. The van der Waals surface area contributed by atoms with Crippen LogP contribution in [0.2, 0.25) is 0 Å². The lowest BCUT2D eigenvalue weighted by Crippen LogP contribution is -2.26. The van der Waals surface area contributed by atoms with Gasteiger partial charge in [-0.25, -0.2) is 0 Å². The number of nitrogens with zero attached hydrogens (tertiary/aromatic N) is 2. The summed E-state index contributed by atoms with van der Waals surface area (Å²) in [7, 11) is 0. The van der Waals surface area contributed by atoms with Crippen LogP contribution in [0.1, 0.15) is 85.8 Å². The van der Waals surface area contributed by atoms with Crippen molar-refractivity contribution in [2.75, 3.05) is 4.90 Å². The summed E-state index contributed by atoms with van der Waals surface area (Å²) in [6, 6.07) is 68.7. The van der Waals surface area contributed by atoms with Crippen LogP contribution in [-0.4, -0.2) is 4.57 Å². The van der Waals surface area contributed by atoms with Crippen molar-refractivity contribution in [2.45, 2.75) is 57.8 Å². The smallest absolute Gasteiger partial charge is 0.0726 e. The summed E-state index contributed by atoms with van der Waals surface area (Å²) in [5.41, 5.74) is 20.3. The molecule has 8 aromatic carbocycles. The van der Waals surface area contributed by atoms with Gasteiger partial charge < -0.3 is 9.47 Å². The zero-order valence-electron chi connectivity index (χ0n) is 34.3. The average molecular weight is 761 g/mol. The summed E-state index contributed by atoms with van der Waals surface area (Å²) in [5.74, 6) is 0.936. The van der Waals surface area contributed by atoms with E-state index in [0.717, 1.165) is 29.9 Å². The van der Waals surface area contributed by atoms with E-state index in [4.69, 9.17) is 0 Å². The normalized spacial score (nSPS) is 15.9. The summed E-state index contributed by atoms with van der Waals surface area (Å²) in [6.07, 6.45) is 2.21. The van der Waals surface area contributed by atoms with Gasteiger partial charge in [0.2, 0.25) is 0 Å². The highest BCUT2D eigenvalue weighted by molar-refractivity contribution is 6.11. The molecule has 0 saturated heterocycles. The van der Waals surface area contributed by atoms with Gasteiger partial charge in [-0.3, -0.25) is 0 Å². The molecule has 2 atom stereocenters. The van der Waals surface area contributed by atoms with E-state index in [0.29, 0.717) is 11.8 Å². The molecule has 11 rings (SSSR count). The molecule has 2 aliphatic carbocycles. The third-order valence-electron chi connectivity index (χ3n) is 13.8. The van der Waals surface area contributed by atoms with Gasteiger partial charge in [0.15, 0.2) is 0 Å². The predicted octanol–water partition coefficient (Wildman–Crippen LogP) is 15.6. The Labute approximate surface area is 348 Å². The van der Waals surface area contributed by atoms with Gasteiger partial charge in [0.25, 0.3) is 0 Å². The highest BCUT2D eigenvalue weighted by Gasteiger charge is 2.52. The molecule has 0 amide bonds. The van der Waals surface area contributed by atoms with E-state index in [9.17, 15) is 0 Å². The van der Waals surface area contributed by atoms with Crippen LogP contribution in [0.3, 0.4) is 0 Å². The van der Waals surface area contributed by atoms with E-state index in [-0.39, 0.29) is 0 Å². The Morgan fingerprint density at radius 2 is 0.932 bits per heavy atom. The first-order chi connectivity index (χ1) is 29.0. The maximum Gasteiger partial charge on any atom is 0.0726 e. The van der Waals surface area contributed by atoms with E-state index in [1.54, 1.807) is 0 Å². The fraction of sp³-hybridized carbons (Fsp3) is 0.158. The first kappa shape index (κ1) is 35.5. The predicted molar refractivity (Wildman–Crippen MR) is 249 cm³/mol. The van der Waals surface area contributed by atoms with Crippen molar-refractivity contribution >= 4 is 38.9 Å². The van der Waals surface area contributed by atoms with Crippen LogP contribution in [0, 0.1) is 0 Å². The SMILES string of the molecule is CCC(C)c1ccc2c(c1)C1(c3ccccc3-c3ccc(N(c4ccccc4)c4ccc5c(c4)c4ccccc4n5-c4ccccc4)cc31)c1cc(C(C)CC)ccc1-2. The second kappa shape index (κ2) is 13.7. The molecule has 0 aliphatic heterocycles. The minimum absolute atomic E-state index is 0.449. The number of hydrogen-bond donors (Lipinski definition) is 0. The summed E-state index contributed by atoms with van der Waals surface area (Å²) >= 11 is 0. The molecule has 0 radical (unpaired) electrons. The Morgan fingerprint density at radius 1 is 0.424 bits per heavy atom. The van der Waals surface area contributed by atoms with Crippen LogP contribution in [-0.2, 0) is 5.41 Å². The van der Waals surface area contributed by atoms with Crippen molar-refractivity contribution in [1.29, 1.82) is 0 Å². The van der Waals surface area contributed by atoms with Crippen LogP contribution >= 0.6 is 0 Å². The van der Waals surface area contributed by atoms with Gasteiger partial charge in [-0.1, -0.05) is 149 Å². The molecule has 59 heavy (non-hydrogen) atoms. The van der Waals surface area contributed by atoms with Gasteiger partial charge in [-0.15, -0.1) is 0 Å². The maximum absolute atomic E-state index is 2.57. The number of rotatable bonds is 8. The third kappa shape index (κ3) is 5.18. The van der Waals surface area contributed by atoms with Crippen LogP contribution in [0.5, 0.6) is 0 Å². The standard InChI is InChI=1S/C57H48N2/c1-5-37(3)39-25-29-46-47-30-26-40(38(4)6-2)34-53(47)57(52(46)33-39)51-23-15-13-21-45(51)48-31-27-44(36-54(48)57)58(41-17-9-7-10-18-41)43-28-32-56-50(35-43)49-22-14-16-24-55(49)59(56)42-19-11-8-12-20-42/h7-38H,5-6H2,1-4H3. The molecule has 2 aliphatic rings. The lowest BCUT2D eigenvalue weighted by atomic mass is 9.69. The van der Waals surface area contributed by atoms with Gasteiger partial charge in [0.1, 0.15) is 0 Å². The molecule has 2 nitrogen and oxygen atoms in total. The molecule has 2 heteroatoms. The van der Waals surface area contributed by atoms with Gasteiger partial charge >= 0.3 is 0 Å². The first-order valence-electron chi connectivity index (χ1n) is 21.5. The molecule has 2 unspecified atom stereocenters. The molecule has 1 aromatic heterocycles. The number of para-hydroxylation sites is 3. The molecule has 1 heterocycles. The summed E-state index contributed by atoms with van der Waals surface area (Å²) in [4.78, 5) is 2.47. The van der Waals surface area contributed by atoms with Gasteiger partial charge in [-0.05, 0) is 141 Å². The van der Waals surface area contributed by atoms with E-state index >= 15 is 0 Å². The minimum atomic E-state index is -0.449. The second-order valence-corrected chi connectivity index (χ2v) is 16.8. The average Bonchev–Trinajstić information content (AvgIpc) is 3.90. The van der Waals surface area contributed by atoms with Crippen molar-refractivity contribution in [3.8, 4) is 27.9 Å². The minimum Gasteiger partial charge on any atom is -0.310 e.